The number of amides is 1. The van der Waals surface area contributed by atoms with Crippen LogP contribution in [0.2, 0.25) is 0 Å². The van der Waals surface area contributed by atoms with Gasteiger partial charge in [0.25, 0.3) is 0 Å². The number of hydrogen-bond donors (Lipinski definition) is 2. The number of unbranched alkanes of at least 4 members (excludes halogenated alkanes) is 1. The lowest BCUT2D eigenvalue weighted by atomic mass is 10.0. The van der Waals surface area contributed by atoms with Gasteiger partial charge in [0.15, 0.2) is 0 Å². The van der Waals surface area contributed by atoms with E-state index in [0.717, 1.165) is 67.0 Å². The molecular formula is C32H44N8O4. The summed E-state index contributed by atoms with van der Waals surface area (Å²) >= 11 is 0. The zero-order valence-corrected chi connectivity index (χ0v) is 26.5. The van der Waals surface area contributed by atoms with Crippen molar-refractivity contribution in [3.63, 3.8) is 0 Å². The van der Waals surface area contributed by atoms with Crippen molar-refractivity contribution >= 4 is 34.9 Å². The minimum Gasteiger partial charge on any atom is -0.446 e. The average Bonchev–Trinajstić information content (AvgIpc) is 3.74. The number of alkyl carbamates (subject to hydrolysis) is 1. The number of carbonyl (C=O) groups is 2. The maximum Gasteiger partial charge on any atom is 0.419 e. The van der Waals surface area contributed by atoms with Gasteiger partial charge in [-0.2, -0.15) is 5.10 Å². The SMILES string of the molecule is CC(C)(C)OC(=O)NCCCCn1ccc2ccc(Nc3cc([C@H]4CCC(OC(=O)n5ccnc5)C4)nn3C(C)(C)C)nc21. The summed E-state index contributed by atoms with van der Waals surface area (Å²) in [6, 6.07) is 8.22. The van der Waals surface area contributed by atoms with Crippen molar-refractivity contribution in [1.29, 1.82) is 0 Å². The van der Waals surface area contributed by atoms with Crippen molar-refractivity contribution in [3.8, 4) is 0 Å². The second-order valence-electron chi connectivity index (χ2n) is 13.4. The maximum absolute atomic E-state index is 12.4. The molecule has 12 heteroatoms. The summed E-state index contributed by atoms with van der Waals surface area (Å²) in [6.07, 6.45) is 9.84. The van der Waals surface area contributed by atoms with Crippen LogP contribution in [0.3, 0.4) is 0 Å². The molecule has 1 aliphatic rings. The second-order valence-corrected chi connectivity index (χ2v) is 13.4. The lowest BCUT2D eigenvalue weighted by Crippen LogP contribution is -2.33. The van der Waals surface area contributed by atoms with Gasteiger partial charge < -0.3 is 24.7 Å². The van der Waals surface area contributed by atoms with Crippen LogP contribution in [0.4, 0.5) is 21.2 Å². The van der Waals surface area contributed by atoms with Crippen LogP contribution in [0.1, 0.15) is 85.3 Å². The van der Waals surface area contributed by atoms with Crippen molar-refractivity contribution < 1.29 is 19.1 Å². The Kier molecular flexibility index (Phi) is 8.98. The molecule has 1 unspecified atom stereocenters. The number of fused-ring (bicyclic) bond motifs is 1. The number of aryl methyl sites for hydroxylation is 1. The van der Waals surface area contributed by atoms with Crippen LogP contribution in [0.25, 0.3) is 11.0 Å². The molecule has 4 aromatic heterocycles. The third-order valence-electron chi connectivity index (χ3n) is 7.51. The number of rotatable bonds is 9. The van der Waals surface area contributed by atoms with Gasteiger partial charge in [-0.3, -0.25) is 0 Å². The number of carbonyl (C=O) groups excluding carboxylic acids is 2. The van der Waals surface area contributed by atoms with Crippen molar-refractivity contribution in [2.75, 3.05) is 11.9 Å². The quantitative estimate of drug-likeness (QED) is 0.206. The lowest BCUT2D eigenvalue weighted by molar-refractivity contribution is 0.0526. The summed E-state index contributed by atoms with van der Waals surface area (Å²) < 4.78 is 16.5. The molecule has 1 aliphatic carbocycles. The van der Waals surface area contributed by atoms with Gasteiger partial charge in [0, 0.05) is 49.1 Å². The van der Waals surface area contributed by atoms with Crippen LogP contribution in [0, 0.1) is 0 Å². The van der Waals surface area contributed by atoms with Gasteiger partial charge in [0.05, 0.1) is 11.2 Å². The normalized spacial score (nSPS) is 17.1. The van der Waals surface area contributed by atoms with E-state index in [9.17, 15) is 9.59 Å². The van der Waals surface area contributed by atoms with E-state index in [1.807, 2.05) is 31.5 Å². The first-order valence-corrected chi connectivity index (χ1v) is 15.3. The number of imidazole rings is 1. The smallest absolute Gasteiger partial charge is 0.419 e. The molecule has 0 radical (unpaired) electrons. The van der Waals surface area contributed by atoms with Gasteiger partial charge in [-0.05, 0) is 91.8 Å². The fraction of sp³-hybridized carbons (Fsp3) is 0.531. The number of aromatic nitrogens is 6. The van der Waals surface area contributed by atoms with E-state index in [-0.39, 0.29) is 23.7 Å². The summed E-state index contributed by atoms with van der Waals surface area (Å²) in [6.45, 7) is 13.3. The third kappa shape index (κ3) is 7.78. The van der Waals surface area contributed by atoms with E-state index in [4.69, 9.17) is 19.6 Å². The molecule has 2 N–H and O–H groups in total. The largest absolute Gasteiger partial charge is 0.446 e. The maximum atomic E-state index is 12.4. The van der Waals surface area contributed by atoms with Crippen molar-refractivity contribution in [1.82, 2.24) is 34.2 Å². The monoisotopic (exact) mass is 604 g/mol. The van der Waals surface area contributed by atoms with Gasteiger partial charge in [-0.1, -0.05) is 0 Å². The Labute approximate surface area is 258 Å². The summed E-state index contributed by atoms with van der Waals surface area (Å²) in [5.41, 5.74) is 1.11. The van der Waals surface area contributed by atoms with Gasteiger partial charge in [0.2, 0.25) is 0 Å². The molecule has 1 saturated carbocycles. The van der Waals surface area contributed by atoms with E-state index in [1.165, 1.54) is 10.9 Å². The predicted octanol–water partition coefficient (Wildman–Crippen LogP) is 6.55. The second kappa shape index (κ2) is 12.7. The zero-order valence-electron chi connectivity index (χ0n) is 26.5. The van der Waals surface area contributed by atoms with Crippen LogP contribution in [0.15, 0.2) is 49.2 Å². The molecule has 44 heavy (non-hydrogen) atoms. The van der Waals surface area contributed by atoms with Crippen LogP contribution in [0.5, 0.6) is 0 Å². The summed E-state index contributed by atoms with van der Waals surface area (Å²) in [5.74, 6) is 1.79. The van der Waals surface area contributed by atoms with E-state index in [2.05, 4.69) is 65.4 Å². The van der Waals surface area contributed by atoms with E-state index in [1.54, 1.807) is 12.4 Å². The molecule has 4 aromatic rings. The highest BCUT2D eigenvalue weighted by Crippen LogP contribution is 2.38. The average molecular weight is 605 g/mol. The minimum atomic E-state index is -0.505. The number of anilines is 2. The van der Waals surface area contributed by atoms with Gasteiger partial charge in [-0.25, -0.2) is 28.8 Å². The van der Waals surface area contributed by atoms with E-state index < -0.39 is 11.7 Å². The Morgan fingerprint density at radius 1 is 1.05 bits per heavy atom. The molecule has 0 aromatic carbocycles. The van der Waals surface area contributed by atoms with Gasteiger partial charge in [0.1, 0.15) is 35.3 Å². The van der Waals surface area contributed by atoms with Crippen LogP contribution >= 0.6 is 0 Å². The molecule has 5 rings (SSSR count). The lowest BCUT2D eigenvalue weighted by Gasteiger charge is -2.22. The highest BCUT2D eigenvalue weighted by atomic mass is 16.6. The molecule has 1 fully saturated rings. The molecule has 1 amide bonds. The standard InChI is InChI=1S/C32H44N8O4/c1-31(2,3)40-27(20-25(37-40)23-9-11-24(19-23)43-30(42)39-18-15-33-21-39)35-26-12-10-22-13-17-38(28(22)36-26)16-8-7-14-34-29(41)44-32(4,5)6/h10,12-13,15,17-18,20-21,23-24H,7-9,11,14,16,19H2,1-6H3,(H,34,41)(H,35,36)/t23-,24?/m0/s1. The van der Waals surface area contributed by atoms with Crippen LogP contribution < -0.4 is 10.6 Å². The molecule has 236 valence electrons. The first-order chi connectivity index (χ1) is 20.9. The molecule has 2 atom stereocenters. The number of hydrogen-bond acceptors (Lipinski definition) is 8. The van der Waals surface area contributed by atoms with Gasteiger partial charge in [-0.15, -0.1) is 0 Å². The number of nitrogens with one attached hydrogen (secondary N) is 2. The number of nitrogens with zero attached hydrogens (tertiary/aromatic N) is 6. The Hall–Kier alpha value is -4.35. The predicted molar refractivity (Wildman–Crippen MR) is 168 cm³/mol. The molecule has 0 saturated heterocycles. The fourth-order valence-corrected chi connectivity index (χ4v) is 5.44. The Bertz CT molecular complexity index is 1580. The van der Waals surface area contributed by atoms with Gasteiger partial charge >= 0.3 is 12.2 Å². The van der Waals surface area contributed by atoms with Crippen LogP contribution in [-0.4, -0.2) is 59.3 Å². The Morgan fingerprint density at radius 2 is 1.86 bits per heavy atom. The van der Waals surface area contributed by atoms with Crippen LogP contribution in [-0.2, 0) is 21.6 Å². The Balaban J connectivity index is 1.22. The molecule has 12 nitrogen and oxygen atoms in total. The zero-order chi connectivity index (χ0) is 31.5. The molecule has 4 heterocycles. The number of pyridine rings is 1. The first-order valence-electron chi connectivity index (χ1n) is 15.3. The topological polar surface area (TPSA) is 130 Å². The third-order valence-corrected chi connectivity index (χ3v) is 7.51. The molecule has 0 bridgehead atoms. The highest BCUT2D eigenvalue weighted by molar-refractivity contribution is 5.78. The summed E-state index contributed by atoms with van der Waals surface area (Å²) in [4.78, 5) is 33.2. The number of ether oxygens (including phenoxy) is 2. The van der Waals surface area contributed by atoms with Crippen molar-refractivity contribution in [3.05, 3.63) is 54.9 Å². The molecule has 0 aliphatic heterocycles. The minimum absolute atomic E-state index is 0.156. The fourth-order valence-electron chi connectivity index (χ4n) is 5.44. The highest BCUT2D eigenvalue weighted by Gasteiger charge is 2.32. The molecule has 0 spiro atoms. The first kappa shape index (κ1) is 31.1. The Morgan fingerprint density at radius 3 is 2.59 bits per heavy atom. The van der Waals surface area contributed by atoms with Crippen molar-refractivity contribution in [2.24, 2.45) is 0 Å². The van der Waals surface area contributed by atoms with E-state index in [0.29, 0.717) is 6.54 Å². The van der Waals surface area contributed by atoms with E-state index >= 15 is 0 Å². The molecular weight excluding hydrogens is 560 g/mol. The summed E-state index contributed by atoms with van der Waals surface area (Å²) in [5, 5.41) is 12.4. The van der Waals surface area contributed by atoms with Crippen molar-refractivity contribution in [2.45, 2.75) is 103 Å². The summed E-state index contributed by atoms with van der Waals surface area (Å²) in [7, 11) is 0.